The van der Waals surface area contributed by atoms with Crippen molar-refractivity contribution < 1.29 is 23.1 Å². The van der Waals surface area contributed by atoms with Crippen LogP contribution in [0, 0.1) is 5.92 Å². The van der Waals surface area contributed by atoms with E-state index in [4.69, 9.17) is 5.11 Å². The summed E-state index contributed by atoms with van der Waals surface area (Å²) in [5.74, 6) is -1.29. The van der Waals surface area contributed by atoms with E-state index in [1.807, 2.05) is 0 Å². The van der Waals surface area contributed by atoms with Crippen LogP contribution in [0.25, 0.3) is 0 Å². The topological polar surface area (TPSA) is 104 Å². The molecule has 0 radical (unpaired) electrons. The normalized spacial score (nSPS) is 28.5. The van der Waals surface area contributed by atoms with Gasteiger partial charge in [0.2, 0.25) is 15.9 Å². The molecule has 2 aliphatic rings. The van der Waals surface area contributed by atoms with Crippen molar-refractivity contribution in [3.05, 3.63) is 0 Å². The highest BCUT2D eigenvalue weighted by Gasteiger charge is 2.37. The van der Waals surface area contributed by atoms with E-state index in [1.54, 1.807) is 0 Å². The fourth-order valence-electron chi connectivity index (χ4n) is 2.67. The zero-order valence-corrected chi connectivity index (χ0v) is 11.4. The Bertz CT molecular complexity index is 475. The third-order valence-electron chi connectivity index (χ3n) is 3.75. The van der Waals surface area contributed by atoms with Crippen molar-refractivity contribution in [2.24, 2.45) is 5.92 Å². The summed E-state index contributed by atoms with van der Waals surface area (Å²) in [6.45, 7) is 0.732. The van der Waals surface area contributed by atoms with Crippen LogP contribution in [0.2, 0.25) is 0 Å². The molecule has 2 heterocycles. The Morgan fingerprint density at radius 3 is 2.84 bits per heavy atom. The maximum Gasteiger partial charge on any atom is 0.304 e. The van der Waals surface area contributed by atoms with Crippen LogP contribution in [0.5, 0.6) is 0 Å². The zero-order valence-electron chi connectivity index (χ0n) is 10.5. The third kappa shape index (κ3) is 3.44. The second kappa shape index (κ2) is 5.46. The number of nitrogens with zero attached hydrogens (tertiary/aromatic N) is 1. The Morgan fingerprint density at radius 1 is 1.42 bits per heavy atom. The van der Waals surface area contributed by atoms with Crippen molar-refractivity contribution in [1.82, 2.24) is 9.62 Å². The quantitative estimate of drug-likeness (QED) is 0.719. The summed E-state index contributed by atoms with van der Waals surface area (Å²) >= 11 is 0. The number of carbonyl (C=O) groups is 2. The lowest BCUT2D eigenvalue weighted by Crippen LogP contribution is -2.55. The van der Waals surface area contributed by atoms with Crippen molar-refractivity contribution in [2.75, 3.05) is 18.8 Å². The number of hydrogen-bond acceptors (Lipinski definition) is 4. The molecular formula is C11H18N2O5S. The first-order valence-corrected chi connectivity index (χ1v) is 7.98. The molecule has 2 aliphatic heterocycles. The van der Waals surface area contributed by atoms with Gasteiger partial charge in [-0.3, -0.25) is 9.59 Å². The smallest absolute Gasteiger partial charge is 0.304 e. The van der Waals surface area contributed by atoms with Crippen LogP contribution in [0.4, 0.5) is 0 Å². The summed E-state index contributed by atoms with van der Waals surface area (Å²) in [6, 6.07) is 0.0622. The molecule has 2 N–H and O–H groups in total. The molecule has 8 heteroatoms. The molecule has 2 saturated heterocycles. The van der Waals surface area contributed by atoms with E-state index in [0.717, 1.165) is 0 Å². The molecule has 2 fully saturated rings. The molecule has 2 atom stereocenters. The number of carbonyl (C=O) groups excluding carboxylic acids is 1. The molecular weight excluding hydrogens is 272 g/mol. The lowest BCUT2D eigenvalue weighted by Gasteiger charge is -2.40. The molecule has 0 aromatic rings. The van der Waals surface area contributed by atoms with Gasteiger partial charge >= 0.3 is 5.97 Å². The van der Waals surface area contributed by atoms with Crippen molar-refractivity contribution in [2.45, 2.75) is 31.7 Å². The van der Waals surface area contributed by atoms with Crippen LogP contribution in [0.15, 0.2) is 0 Å². The number of piperidine rings is 2. The number of rotatable bonds is 4. The van der Waals surface area contributed by atoms with Gasteiger partial charge in [0.15, 0.2) is 0 Å². The van der Waals surface area contributed by atoms with E-state index in [0.29, 0.717) is 32.4 Å². The summed E-state index contributed by atoms with van der Waals surface area (Å²) in [5, 5.41) is 11.4. The Balaban J connectivity index is 1.96. The zero-order chi connectivity index (χ0) is 14.0. The Labute approximate surface area is 112 Å². The summed E-state index contributed by atoms with van der Waals surface area (Å²) in [6.07, 6.45) is 1.36. The number of nitrogens with one attached hydrogen (secondary N) is 1. The van der Waals surface area contributed by atoms with E-state index in [-0.39, 0.29) is 30.0 Å². The van der Waals surface area contributed by atoms with Gasteiger partial charge in [-0.05, 0) is 18.8 Å². The highest BCUT2D eigenvalue weighted by molar-refractivity contribution is 7.89. The van der Waals surface area contributed by atoms with E-state index in [9.17, 15) is 18.0 Å². The first-order chi connectivity index (χ1) is 8.88. The number of sulfonamides is 1. The predicted octanol–water partition coefficient (Wildman–Crippen LogP) is -0.609. The number of carboxylic acid groups (broad SMARTS) is 1. The van der Waals surface area contributed by atoms with Gasteiger partial charge in [-0.1, -0.05) is 0 Å². The lowest BCUT2D eigenvalue weighted by atomic mass is 9.86. The minimum absolute atomic E-state index is 0.0310. The van der Waals surface area contributed by atoms with Gasteiger partial charge in [-0.15, -0.1) is 0 Å². The van der Waals surface area contributed by atoms with Gasteiger partial charge in [0.05, 0.1) is 12.2 Å². The van der Waals surface area contributed by atoms with E-state index in [1.165, 1.54) is 4.31 Å². The van der Waals surface area contributed by atoms with Gasteiger partial charge in [0.1, 0.15) is 0 Å². The molecule has 7 nitrogen and oxygen atoms in total. The van der Waals surface area contributed by atoms with E-state index in [2.05, 4.69) is 5.32 Å². The maximum absolute atomic E-state index is 12.0. The van der Waals surface area contributed by atoms with Crippen molar-refractivity contribution in [3.63, 3.8) is 0 Å². The molecule has 0 aromatic heterocycles. The van der Waals surface area contributed by atoms with Crippen LogP contribution in [-0.4, -0.2) is 54.6 Å². The van der Waals surface area contributed by atoms with Crippen LogP contribution in [0.1, 0.15) is 25.7 Å². The lowest BCUT2D eigenvalue weighted by molar-refractivity contribution is -0.136. The van der Waals surface area contributed by atoms with Gasteiger partial charge < -0.3 is 10.4 Å². The molecule has 2 unspecified atom stereocenters. The van der Waals surface area contributed by atoms with Gasteiger partial charge in [0.25, 0.3) is 0 Å². The van der Waals surface area contributed by atoms with Crippen LogP contribution >= 0.6 is 0 Å². The van der Waals surface area contributed by atoms with Crippen LogP contribution < -0.4 is 5.32 Å². The second-order valence-electron chi connectivity index (χ2n) is 5.08. The number of carboxylic acids is 1. The highest BCUT2D eigenvalue weighted by Crippen LogP contribution is 2.27. The van der Waals surface area contributed by atoms with Crippen molar-refractivity contribution >= 4 is 21.9 Å². The molecule has 0 saturated carbocycles. The average Bonchev–Trinajstić information content (AvgIpc) is 2.36. The van der Waals surface area contributed by atoms with Crippen molar-refractivity contribution in [1.29, 1.82) is 0 Å². The SMILES string of the molecule is O=C(O)CCS(=O)(=O)N1CCC2NC(=O)CCC2C1. The largest absolute Gasteiger partial charge is 0.481 e. The molecule has 2 rings (SSSR count). The fourth-order valence-corrected chi connectivity index (χ4v) is 4.17. The maximum atomic E-state index is 12.0. The first-order valence-electron chi connectivity index (χ1n) is 6.37. The van der Waals surface area contributed by atoms with E-state index < -0.39 is 16.0 Å². The molecule has 1 amide bonds. The first kappa shape index (κ1) is 14.3. The monoisotopic (exact) mass is 290 g/mol. The number of fused-ring (bicyclic) bond motifs is 1. The minimum Gasteiger partial charge on any atom is -0.481 e. The highest BCUT2D eigenvalue weighted by atomic mass is 32.2. The van der Waals surface area contributed by atoms with E-state index >= 15 is 0 Å². The number of amides is 1. The summed E-state index contributed by atoms with van der Waals surface area (Å²) in [4.78, 5) is 21.7. The third-order valence-corrected chi connectivity index (χ3v) is 5.59. The Morgan fingerprint density at radius 2 is 2.16 bits per heavy atom. The van der Waals surface area contributed by atoms with Crippen LogP contribution in [0.3, 0.4) is 0 Å². The van der Waals surface area contributed by atoms with Crippen molar-refractivity contribution in [3.8, 4) is 0 Å². The molecule has 0 aliphatic carbocycles. The molecule has 0 spiro atoms. The standard InChI is InChI=1S/C11H18N2O5S/c14-10-2-1-8-7-13(5-3-9(8)12-10)19(17,18)6-4-11(15)16/h8-9H,1-7H2,(H,12,14)(H,15,16). The summed E-state index contributed by atoms with van der Waals surface area (Å²) in [7, 11) is -3.50. The summed E-state index contributed by atoms with van der Waals surface area (Å²) < 4.78 is 25.4. The number of hydrogen-bond donors (Lipinski definition) is 2. The summed E-state index contributed by atoms with van der Waals surface area (Å²) in [5.41, 5.74) is 0. The minimum atomic E-state index is -3.50. The predicted molar refractivity (Wildman–Crippen MR) is 66.9 cm³/mol. The fraction of sp³-hybridized carbons (Fsp3) is 0.818. The molecule has 19 heavy (non-hydrogen) atoms. The van der Waals surface area contributed by atoms with Gasteiger partial charge in [-0.25, -0.2) is 12.7 Å². The Hall–Kier alpha value is -1.15. The Kier molecular flexibility index (Phi) is 4.10. The molecule has 0 bridgehead atoms. The van der Waals surface area contributed by atoms with Gasteiger partial charge in [0, 0.05) is 25.6 Å². The molecule has 0 aromatic carbocycles. The molecule has 108 valence electrons. The van der Waals surface area contributed by atoms with Crippen LogP contribution in [-0.2, 0) is 19.6 Å². The average molecular weight is 290 g/mol. The second-order valence-corrected chi connectivity index (χ2v) is 7.17. The van der Waals surface area contributed by atoms with Gasteiger partial charge in [-0.2, -0.15) is 0 Å². The number of aliphatic carboxylic acids is 1.